The van der Waals surface area contributed by atoms with Gasteiger partial charge in [0.25, 0.3) is 0 Å². The van der Waals surface area contributed by atoms with Crippen LogP contribution in [-0.4, -0.2) is 67.4 Å². The molecule has 0 fully saturated rings. The smallest absolute Gasteiger partial charge is 0.462 e. The third-order valence-electron chi connectivity index (χ3n) is 16.9. The average molecular weight is 1300 g/mol. The lowest BCUT2D eigenvalue weighted by Gasteiger charge is -2.22. The van der Waals surface area contributed by atoms with E-state index in [0.717, 1.165) is 141 Å². The van der Waals surface area contributed by atoms with Crippen LogP contribution in [0.15, 0.2) is 48.6 Å². The number of rotatable bonds is 72. The molecule has 0 amide bonds. The maximum Gasteiger partial charge on any atom is 0.472 e. The fourth-order valence-electron chi connectivity index (χ4n) is 11.1. The Bertz CT molecular complexity index is 1660. The molecule has 1 N–H and O–H groups in total. The third kappa shape index (κ3) is 69.6. The van der Waals surface area contributed by atoms with Crippen molar-refractivity contribution >= 4 is 31.7 Å². The first-order chi connectivity index (χ1) is 44.6. The Balaban J connectivity index is 5.38. The van der Waals surface area contributed by atoms with Crippen LogP contribution < -0.4 is 0 Å². The van der Waals surface area contributed by atoms with E-state index in [1.165, 1.54) is 167 Å². The van der Waals surface area contributed by atoms with E-state index in [2.05, 4.69) is 76.3 Å². The molecule has 0 aliphatic heterocycles. The van der Waals surface area contributed by atoms with Crippen molar-refractivity contribution in [3.05, 3.63) is 48.6 Å². The minimum Gasteiger partial charge on any atom is -0.462 e. The second kappa shape index (κ2) is 71.2. The van der Waals surface area contributed by atoms with Crippen LogP contribution in [0.4, 0.5) is 0 Å². The van der Waals surface area contributed by atoms with Crippen molar-refractivity contribution in [2.45, 2.75) is 399 Å². The molecule has 2 atom stereocenters. The number of hydrogen-bond acceptors (Lipinski definition) is 11. The van der Waals surface area contributed by atoms with Crippen LogP contribution in [0.2, 0.25) is 0 Å². The van der Waals surface area contributed by atoms with Gasteiger partial charge >= 0.3 is 31.7 Å². The van der Waals surface area contributed by atoms with Gasteiger partial charge in [0.2, 0.25) is 0 Å². The normalized spacial score (nSPS) is 13.2. The van der Waals surface area contributed by atoms with Gasteiger partial charge in [0.1, 0.15) is 13.2 Å². The lowest BCUT2D eigenvalue weighted by atomic mass is 10.0. The van der Waals surface area contributed by atoms with Crippen molar-refractivity contribution in [1.29, 1.82) is 0 Å². The number of carbonyl (C=O) groups is 4. The number of esters is 4. The average Bonchev–Trinajstić information content (AvgIpc) is 2.78. The van der Waals surface area contributed by atoms with Crippen molar-refractivity contribution in [2.75, 3.05) is 26.4 Å². The molecule has 0 saturated heterocycles. The summed E-state index contributed by atoms with van der Waals surface area (Å²) in [5, 5.41) is 0. The Labute approximate surface area is 560 Å². The molecule has 0 heterocycles. The van der Waals surface area contributed by atoms with Crippen LogP contribution in [0.25, 0.3) is 0 Å². The molecule has 532 valence electrons. The molecule has 0 aliphatic rings. The van der Waals surface area contributed by atoms with E-state index in [1.807, 2.05) is 0 Å². The molecule has 0 bridgehead atoms. The van der Waals surface area contributed by atoms with Gasteiger partial charge in [-0.2, -0.15) is 0 Å². The van der Waals surface area contributed by atoms with Gasteiger partial charge in [0, 0.05) is 25.7 Å². The summed E-state index contributed by atoms with van der Waals surface area (Å²) in [7, 11) is -4.86. The first kappa shape index (κ1) is 88.0. The van der Waals surface area contributed by atoms with Gasteiger partial charge in [0.05, 0.1) is 13.2 Å². The molecule has 0 spiro atoms. The molecule has 0 aromatic carbocycles. The quantitative estimate of drug-likeness (QED) is 0.0202. The molecule has 2 unspecified atom stereocenters. The van der Waals surface area contributed by atoms with Gasteiger partial charge in [-0.25, -0.2) is 4.57 Å². The fraction of sp³-hybridized carbons (Fsp3) is 0.846. The summed E-state index contributed by atoms with van der Waals surface area (Å²) >= 11 is 0. The molecule has 0 aliphatic carbocycles. The molecular formula is C78H143O12P. The summed E-state index contributed by atoms with van der Waals surface area (Å²) in [4.78, 5) is 63.1. The Kier molecular flexibility index (Phi) is 68.9. The highest BCUT2D eigenvalue weighted by molar-refractivity contribution is 7.47. The second-order valence-electron chi connectivity index (χ2n) is 26.0. The lowest BCUT2D eigenvalue weighted by Crippen LogP contribution is -2.31. The number of unbranched alkanes of at least 4 members (excludes halogenated alkanes) is 44. The maximum absolute atomic E-state index is 13.5. The summed E-state index contributed by atoms with van der Waals surface area (Å²) in [6.45, 7) is 7.10. The highest BCUT2D eigenvalue weighted by atomic mass is 31.2. The van der Waals surface area contributed by atoms with Gasteiger partial charge < -0.3 is 23.8 Å². The van der Waals surface area contributed by atoms with Crippen LogP contribution in [0.5, 0.6) is 0 Å². The van der Waals surface area contributed by atoms with Crippen molar-refractivity contribution in [3.8, 4) is 0 Å². The number of ether oxygens (including phenoxy) is 4. The van der Waals surface area contributed by atoms with E-state index in [-0.39, 0.29) is 38.9 Å². The van der Waals surface area contributed by atoms with Crippen LogP contribution in [-0.2, 0) is 51.7 Å². The topological polar surface area (TPSA) is 161 Å². The molecular weight excluding hydrogens is 1160 g/mol. The van der Waals surface area contributed by atoms with E-state index in [0.29, 0.717) is 25.7 Å². The standard InChI is InChI=1S/C78H143O12P/c1-5-9-13-17-21-25-29-33-37-39-43-47-51-55-59-63-67-77(81)89-73(69-85-75(79)65-61-57-53-49-45-41-35-31-27-23-19-15-11-7-3)71-87-91(83,84)88-72-74(70-86-76(80)66-62-58-54-50-46-42-36-32-28-24-20-16-12-8-4)90-78(82)68-64-60-56-52-48-44-40-38-34-30-26-22-18-14-10-6-2/h21-22,25-26,33-34,37-38,73-74H,5-20,23-24,27-32,35-36,39-72H2,1-4H3,(H,83,84)/b25-21-,26-22-,37-33-,38-34-. The molecule has 91 heavy (non-hydrogen) atoms. The van der Waals surface area contributed by atoms with Crippen LogP contribution in [0, 0.1) is 0 Å². The Morgan fingerprint density at radius 1 is 0.286 bits per heavy atom. The second-order valence-corrected chi connectivity index (χ2v) is 27.5. The van der Waals surface area contributed by atoms with Crippen LogP contribution in [0.3, 0.4) is 0 Å². The summed E-state index contributed by atoms with van der Waals surface area (Å²) in [5.74, 6) is -1.91. The Morgan fingerprint density at radius 3 is 0.758 bits per heavy atom. The molecule has 0 rings (SSSR count). The van der Waals surface area contributed by atoms with E-state index in [1.54, 1.807) is 0 Å². The maximum atomic E-state index is 13.5. The van der Waals surface area contributed by atoms with Crippen molar-refractivity contribution in [2.24, 2.45) is 0 Å². The molecule has 0 aromatic heterocycles. The number of carbonyl (C=O) groups excluding carboxylic acids is 4. The minimum atomic E-state index is -4.86. The number of hydrogen-bond donors (Lipinski definition) is 1. The van der Waals surface area contributed by atoms with Crippen molar-refractivity contribution in [1.82, 2.24) is 0 Å². The van der Waals surface area contributed by atoms with E-state index in [9.17, 15) is 28.6 Å². The summed E-state index contributed by atoms with van der Waals surface area (Å²) < 4.78 is 46.8. The van der Waals surface area contributed by atoms with Gasteiger partial charge in [0.15, 0.2) is 12.2 Å². The molecule has 12 nitrogen and oxygen atoms in total. The van der Waals surface area contributed by atoms with E-state index in [4.69, 9.17) is 28.0 Å². The third-order valence-corrected chi connectivity index (χ3v) is 17.9. The largest absolute Gasteiger partial charge is 0.472 e. The zero-order chi connectivity index (χ0) is 66.3. The van der Waals surface area contributed by atoms with Gasteiger partial charge in [-0.15, -0.1) is 0 Å². The molecule has 0 radical (unpaired) electrons. The number of phosphoric ester groups is 1. The zero-order valence-electron chi connectivity index (χ0n) is 59.6. The van der Waals surface area contributed by atoms with Crippen molar-refractivity contribution in [3.63, 3.8) is 0 Å². The van der Waals surface area contributed by atoms with Crippen molar-refractivity contribution < 1.29 is 56.6 Å². The predicted molar refractivity (Wildman–Crippen MR) is 381 cm³/mol. The Morgan fingerprint density at radius 2 is 0.495 bits per heavy atom. The molecule has 13 heteroatoms. The van der Waals surface area contributed by atoms with Gasteiger partial charge in [-0.1, -0.05) is 320 Å². The monoisotopic (exact) mass is 1300 g/mol. The lowest BCUT2D eigenvalue weighted by molar-refractivity contribution is -0.162. The minimum absolute atomic E-state index is 0.145. The molecule has 0 aromatic rings. The van der Waals surface area contributed by atoms with E-state index < -0.39 is 57.1 Å². The summed E-state index contributed by atoms with van der Waals surface area (Å²) in [6.07, 6.45) is 75.9. The predicted octanol–water partition coefficient (Wildman–Crippen LogP) is 24.2. The Hall–Kier alpha value is -3.05. The van der Waals surface area contributed by atoms with E-state index >= 15 is 0 Å². The first-order valence-electron chi connectivity index (χ1n) is 38.5. The summed E-state index contributed by atoms with van der Waals surface area (Å²) in [5.41, 5.74) is 0. The van der Waals surface area contributed by atoms with Crippen LogP contribution >= 0.6 is 7.82 Å². The van der Waals surface area contributed by atoms with Crippen LogP contribution in [0.1, 0.15) is 387 Å². The molecule has 0 saturated carbocycles. The summed E-state index contributed by atoms with van der Waals surface area (Å²) in [6, 6.07) is 0. The number of allylic oxidation sites excluding steroid dienone is 8. The fourth-order valence-corrected chi connectivity index (χ4v) is 11.9. The highest BCUT2D eigenvalue weighted by Crippen LogP contribution is 2.43. The number of phosphoric acid groups is 1. The highest BCUT2D eigenvalue weighted by Gasteiger charge is 2.29. The van der Waals surface area contributed by atoms with Gasteiger partial charge in [-0.05, 0) is 89.9 Å². The first-order valence-corrected chi connectivity index (χ1v) is 40.0. The SMILES string of the molecule is CCCCC/C=C\C/C=C\CCCCCCCCC(=O)OC(COC(=O)CCCCCCCCCCCCCCCC)COP(=O)(O)OCC(COC(=O)CCCCCCCCCCCCCCCC)OC(=O)CCCCCCCC/C=C\C/C=C\CCCCC. The zero-order valence-corrected chi connectivity index (χ0v) is 60.5. The van der Waals surface area contributed by atoms with Gasteiger partial charge in [-0.3, -0.25) is 28.2 Å².